The van der Waals surface area contributed by atoms with Crippen molar-refractivity contribution in [1.29, 1.82) is 0 Å². The molecule has 0 saturated heterocycles. The highest BCUT2D eigenvalue weighted by atomic mass is 16.5. The Morgan fingerprint density at radius 2 is 1.64 bits per heavy atom. The molecule has 4 rings (SSSR count). The number of fused-ring (bicyclic) bond motifs is 3. The van der Waals surface area contributed by atoms with Crippen molar-refractivity contribution in [3.63, 3.8) is 0 Å². The number of aryl methyl sites for hydroxylation is 2. The van der Waals surface area contributed by atoms with Gasteiger partial charge >= 0.3 is 0 Å². The van der Waals surface area contributed by atoms with Gasteiger partial charge in [-0.1, -0.05) is 30.3 Å². The maximum absolute atomic E-state index is 11.8. The van der Waals surface area contributed by atoms with E-state index in [9.17, 15) is 4.79 Å². The van der Waals surface area contributed by atoms with E-state index in [4.69, 9.17) is 4.74 Å². The minimum atomic E-state index is 0.0945. The zero-order valence-corrected chi connectivity index (χ0v) is 16.7. The molecule has 0 atom stereocenters. The molecule has 142 valence electrons. The van der Waals surface area contributed by atoms with Gasteiger partial charge in [-0.2, -0.15) is 0 Å². The van der Waals surface area contributed by atoms with E-state index in [1.165, 1.54) is 27.5 Å². The fourth-order valence-corrected chi connectivity index (χ4v) is 3.85. The highest BCUT2D eigenvalue weighted by Gasteiger charge is 2.12. The van der Waals surface area contributed by atoms with Crippen LogP contribution >= 0.6 is 0 Å². The summed E-state index contributed by atoms with van der Waals surface area (Å²) in [6.07, 6.45) is 0. The van der Waals surface area contributed by atoms with E-state index in [1.54, 1.807) is 6.92 Å². The Morgan fingerprint density at radius 1 is 0.929 bits per heavy atom. The highest BCUT2D eigenvalue weighted by Crippen LogP contribution is 2.31. The largest absolute Gasteiger partial charge is 0.372 e. The average molecular weight is 371 g/mol. The first kappa shape index (κ1) is 18.5. The number of hydrogen-bond acceptors (Lipinski definition) is 2. The maximum Gasteiger partial charge on any atom is 0.159 e. The van der Waals surface area contributed by atoms with Crippen LogP contribution < -0.4 is 0 Å². The number of Topliss-reactive ketones (excluding diaryl/α,β-unsaturated/α-hetero) is 1. The molecule has 0 unspecified atom stereocenters. The van der Waals surface area contributed by atoms with E-state index >= 15 is 0 Å². The monoisotopic (exact) mass is 371 g/mol. The van der Waals surface area contributed by atoms with Gasteiger partial charge in [0.15, 0.2) is 5.78 Å². The maximum atomic E-state index is 11.8. The van der Waals surface area contributed by atoms with Crippen LogP contribution in [0.25, 0.3) is 21.8 Å². The summed E-state index contributed by atoms with van der Waals surface area (Å²) < 4.78 is 8.28. The normalized spacial score (nSPS) is 11.4. The number of aromatic nitrogens is 1. The van der Waals surface area contributed by atoms with Crippen LogP contribution in [0, 0.1) is 6.92 Å². The average Bonchev–Trinajstić information content (AvgIpc) is 3.01. The van der Waals surface area contributed by atoms with E-state index in [1.807, 2.05) is 24.3 Å². The van der Waals surface area contributed by atoms with Crippen LogP contribution in [0.4, 0.5) is 0 Å². The van der Waals surface area contributed by atoms with Crippen LogP contribution in [-0.2, 0) is 24.5 Å². The third-order valence-electron chi connectivity index (χ3n) is 5.44. The molecule has 0 fully saturated rings. The molecule has 28 heavy (non-hydrogen) atoms. The van der Waals surface area contributed by atoms with Crippen molar-refractivity contribution in [2.45, 2.75) is 40.5 Å². The molecule has 0 radical (unpaired) electrons. The fourth-order valence-electron chi connectivity index (χ4n) is 3.85. The van der Waals surface area contributed by atoms with E-state index < -0.39 is 0 Å². The third-order valence-corrected chi connectivity index (χ3v) is 5.44. The molecular weight excluding hydrogens is 346 g/mol. The smallest absolute Gasteiger partial charge is 0.159 e. The van der Waals surface area contributed by atoms with Gasteiger partial charge in [0.25, 0.3) is 0 Å². The van der Waals surface area contributed by atoms with Gasteiger partial charge in [-0.25, -0.2) is 0 Å². The number of carbonyl (C=O) groups is 1. The van der Waals surface area contributed by atoms with Gasteiger partial charge < -0.3 is 9.30 Å². The second kappa shape index (κ2) is 7.61. The van der Waals surface area contributed by atoms with Crippen molar-refractivity contribution in [3.05, 3.63) is 82.9 Å². The molecule has 1 aromatic heterocycles. The van der Waals surface area contributed by atoms with Gasteiger partial charge in [-0.3, -0.25) is 4.79 Å². The molecule has 0 bridgehead atoms. The second-order valence-electron chi connectivity index (χ2n) is 7.30. The van der Waals surface area contributed by atoms with Crippen LogP contribution in [-0.4, -0.2) is 10.4 Å². The summed E-state index contributed by atoms with van der Waals surface area (Å²) in [6, 6.07) is 20.8. The van der Waals surface area contributed by atoms with E-state index in [0.29, 0.717) is 13.2 Å². The van der Waals surface area contributed by atoms with Crippen LogP contribution in [0.5, 0.6) is 0 Å². The van der Waals surface area contributed by atoms with E-state index in [-0.39, 0.29) is 5.78 Å². The molecule has 0 amide bonds. The number of carbonyl (C=O) groups excluding carboxylic acids is 1. The van der Waals surface area contributed by atoms with Crippen molar-refractivity contribution in [2.24, 2.45) is 0 Å². The molecule has 0 aliphatic heterocycles. The molecule has 3 nitrogen and oxygen atoms in total. The van der Waals surface area contributed by atoms with E-state index in [0.717, 1.165) is 23.1 Å². The molecule has 0 N–H and O–H groups in total. The summed E-state index contributed by atoms with van der Waals surface area (Å²) in [4.78, 5) is 11.8. The first-order chi connectivity index (χ1) is 13.6. The van der Waals surface area contributed by atoms with Crippen molar-refractivity contribution in [1.82, 2.24) is 4.57 Å². The summed E-state index contributed by atoms with van der Waals surface area (Å²) in [6.45, 7) is 7.94. The molecule has 4 aromatic rings. The zero-order valence-electron chi connectivity index (χ0n) is 16.7. The molecule has 0 saturated carbocycles. The quantitative estimate of drug-likeness (QED) is 0.387. The topological polar surface area (TPSA) is 31.2 Å². The lowest BCUT2D eigenvalue weighted by Gasteiger charge is -2.08. The van der Waals surface area contributed by atoms with Gasteiger partial charge in [0, 0.05) is 33.9 Å². The molecule has 1 heterocycles. The van der Waals surface area contributed by atoms with Crippen molar-refractivity contribution in [3.8, 4) is 0 Å². The molecular formula is C25H25NO2. The summed E-state index contributed by atoms with van der Waals surface area (Å²) in [5, 5.41) is 2.31. The Morgan fingerprint density at radius 3 is 2.36 bits per heavy atom. The lowest BCUT2D eigenvalue weighted by atomic mass is 10.1. The number of ketones is 1. The minimum Gasteiger partial charge on any atom is -0.372 e. The number of nitrogens with zero attached hydrogens (tertiary/aromatic N) is 1. The van der Waals surface area contributed by atoms with Crippen LogP contribution in [0.3, 0.4) is 0 Å². The van der Waals surface area contributed by atoms with Gasteiger partial charge in [0.05, 0.1) is 13.2 Å². The van der Waals surface area contributed by atoms with Crippen molar-refractivity contribution in [2.75, 3.05) is 0 Å². The molecule has 3 heteroatoms. The lowest BCUT2D eigenvalue weighted by Crippen LogP contribution is -1.96. The Labute approximate surface area is 165 Å². The Kier molecular flexibility index (Phi) is 5.01. The number of ether oxygens (including phenoxy) is 1. The van der Waals surface area contributed by atoms with Gasteiger partial charge in [-0.15, -0.1) is 0 Å². The Bertz CT molecular complexity index is 1170. The predicted molar refractivity (Wildman–Crippen MR) is 115 cm³/mol. The highest BCUT2D eigenvalue weighted by molar-refractivity contribution is 6.10. The predicted octanol–water partition coefficient (Wildman–Crippen LogP) is 6.04. The van der Waals surface area contributed by atoms with Crippen LogP contribution in [0.2, 0.25) is 0 Å². The number of hydrogen-bond donors (Lipinski definition) is 0. The summed E-state index contributed by atoms with van der Waals surface area (Å²) in [5.41, 5.74) is 6.73. The van der Waals surface area contributed by atoms with Crippen molar-refractivity contribution >= 4 is 27.6 Å². The summed E-state index contributed by atoms with van der Waals surface area (Å²) in [7, 11) is 0. The molecule has 3 aromatic carbocycles. The summed E-state index contributed by atoms with van der Waals surface area (Å²) in [5.74, 6) is 0.0945. The Hall–Kier alpha value is -2.91. The number of rotatable bonds is 6. The summed E-state index contributed by atoms with van der Waals surface area (Å²) >= 11 is 0. The van der Waals surface area contributed by atoms with Crippen LogP contribution in [0.1, 0.15) is 40.9 Å². The first-order valence-corrected chi connectivity index (χ1v) is 9.76. The molecule has 0 aliphatic carbocycles. The van der Waals surface area contributed by atoms with Gasteiger partial charge in [0.2, 0.25) is 0 Å². The molecule has 0 spiro atoms. The van der Waals surface area contributed by atoms with Crippen LogP contribution in [0.15, 0.2) is 60.7 Å². The third kappa shape index (κ3) is 3.34. The first-order valence-electron chi connectivity index (χ1n) is 9.76. The number of benzene rings is 3. The second-order valence-corrected chi connectivity index (χ2v) is 7.30. The van der Waals surface area contributed by atoms with Gasteiger partial charge in [0.1, 0.15) is 0 Å². The molecule has 0 aliphatic rings. The standard InChI is InChI=1S/C25H25NO2/c1-4-26-24-11-9-19(15-28-16-21-8-6-5-7-17(21)2)13-22(24)23-14-20(18(3)27)10-12-25(23)26/h5-14H,4,15-16H2,1-3H3. The van der Waals surface area contributed by atoms with E-state index in [2.05, 4.69) is 54.8 Å². The SMILES string of the molecule is CCn1c2ccc(COCc3ccccc3C)cc2c2cc(C(C)=O)ccc21. The Balaban J connectivity index is 1.67. The van der Waals surface area contributed by atoms with Crippen molar-refractivity contribution < 1.29 is 9.53 Å². The minimum absolute atomic E-state index is 0.0945. The fraction of sp³-hybridized carbons (Fsp3) is 0.240. The lowest BCUT2D eigenvalue weighted by molar-refractivity contribution is 0.101. The zero-order chi connectivity index (χ0) is 19.7. The van der Waals surface area contributed by atoms with Gasteiger partial charge in [-0.05, 0) is 67.8 Å².